The van der Waals surface area contributed by atoms with Crippen molar-refractivity contribution in [2.24, 2.45) is 0 Å². The van der Waals surface area contributed by atoms with E-state index in [2.05, 4.69) is 44.1 Å². The fourth-order valence-corrected chi connectivity index (χ4v) is 7.51. The van der Waals surface area contributed by atoms with Crippen molar-refractivity contribution in [3.63, 3.8) is 0 Å². The van der Waals surface area contributed by atoms with E-state index in [-0.39, 0.29) is 60.9 Å². The molecule has 0 atom stereocenters. The Morgan fingerprint density at radius 2 is 1.22 bits per heavy atom. The van der Waals surface area contributed by atoms with Crippen molar-refractivity contribution in [2.45, 2.75) is 117 Å². The number of esters is 1. The number of ether oxygens (including phenoxy) is 5. The van der Waals surface area contributed by atoms with Crippen LogP contribution in [0.4, 0.5) is 37.7 Å². The van der Waals surface area contributed by atoms with Crippen molar-refractivity contribution in [3.05, 3.63) is 130 Å². The second-order valence-corrected chi connectivity index (χ2v) is 17.6. The summed E-state index contributed by atoms with van der Waals surface area (Å²) in [7, 11) is 0. The number of hydrogen-bond donors (Lipinski definition) is 0. The van der Waals surface area contributed by atoms with Gasteiger partial charge in [0.15, 0.2) is 0 Å². The van der Waals surface area contributed by atoms with E-state index in [0.29, 0.717) is 52.3 Å². The van der Waals surface area contributed by atoms with E-state index < -0.39 is 29.4 Å². The van der Waals surface area contributed by atoms with Crippen LogP contribution >= 0.6 is 0 Å². The average molecular weight is 967 g/mol. The normalized spacial score (nSPS) is 11.8. The van der Waals surface area contributed by atoms with E-state index in [1.807, 2.05) is 36.4 Å². The zero-order valence-electron chi connectivity index (χ0n) is 39.6. The Bertz CT molecular complexity index is 2430. The fourth-order valence-electron chi connectivity index (χ4n) is 7.51. The number of benzene rings is 5. The average Bonchev–Trinajstić information content (AvgIpc) is 3.28. The minimum Gasteiger partial charge on any atom is -0.493 e. The van der Waals surface area contributed by atoms with E-state index in [9.17, 15) is 41.3 Å². The highest BCUT2D eigenvalue weighted by molar-refractivity contribution is 5.77. The number of anilines is 1. The largest absolute Gasteiger partial charge is 0.573 e. The van der Waals surface area contributed by atoms with Gasteiger partial charge in [-0.05, 0) is 94.6 Å². The number of rotatable bonds is 25. The van der Waals surface area contributed by atoms with Crippen LogP contribution in [0.5, 0.6) is 23.0 Å². The van der Waals surface area contributed by atoms with Gasteiger partial charge in [-0.25, -0.2) is 0 Å². The van der Waals surface area contributed by atoms with Gasteiger partial charge < -0.3 is 28.6 Å². The standard InChI is InChI=1S/C53H60F6N2O8/c1-6-8-10-11-13-30-66-49-34-44(61(63)64)23-26-46(49)39-18-27-47(69-53(57,58)59)40(32-39)28-31-67-50(62)36-60(43-21-19-42(20-22-43)51(3,4)5)35-41-15-14-38(33-48(41)65-29-12-9-7-2)37-16-24-45(25-17-37)68-52(54,55)56/h14-27,32-34H,6-13,28-31,35-36H2,1-5H3. The second kappa shape index (κ2) is 24.7. The number of carbonyl (C=O) groups excluding carboxylic acids is 1. The first-order chi connectivity index (χ1) is 32.7. The summed E-state index contributed by atoms with van der Waals surface area (Å²) in [6.07, 6.45) is -2.63. The lowest BCUT2D eigenvalue weighted by molar-refractivity contribution is -0.384. The van der Waals surface area contributed by atoms with Gasteiger partial charge in [-0.15, -0.1) is 26.3 Å². The molecule has 0 heterocycles. The van der Waals surface area contributed by atoms with E-state index in [4.69, 9.17) is 14.2 Å². The fraction of sp³-hybridized carbons (Fsp3) is 0.415. The molecule has 0 saturated heterocycles. The summed E-state index contributed by atoms with van der Waals surface area (Å²) in [4.78, 5) is 26.7. The van der Waals surface area contributed by atoms with E-state index >= 15 is 0 Å². The lowest BCUT2D eigenvalue weighted by Crippen LogP contribution is -2.31. The summed E-state index contributed by atoms with van der Waals surface area (Å²) in [6, 6.07) is 26.8. The van der Waals surface area contributed by atoms with Gasteiger partial charge in [-0.3, -0.25) is 14.9 Å². The van der Waals surface area contributed by atoms with E-state index in [1.54, 1.807) is 11.0 Å². The van der Waals surface area contributed by atoms with E-state index in [0.717, 1.165) is 56.6 Å². The molecule has 0 aromatic heterocycles. The molecule has 0 saturated carbocycles. The molecular weight excluding hydrogens is 907 g/mol. The van der Waals surface area contributed by atoms with Crippen LogP contribution in [0, 0.1) is 10.1 Å². The number of hydrogen-bond acceptors (Lipinski definition) is 9. The van der Waals surface area contributed by atoms with Crippen LogP contribution in [-0.4, -0.2) is 50.0 Å². The molecular formula is C53H60F6N2O8. The summed E-state index contributed by atoms with van der Waals surface area (Å²) in [5.74, 6) is -0.807. The number of carbonyl (C=O) groups is 1. The highest BCUT2D eigenvalue weighted by Gasteiger charge is 2.33. The number of nitrogens with zero attached hydrogens (tertiary/aromatic N) is 2. The molecule has 0 fully saturated rings. The molecule has 0 spiro atoms. The highest BCUT2D eigenvalue weighted by atomic mass is 19.4. The van der Waals surface area contributed by atoms with Crippen molar-refractivity contribution in [1.82, 2.24) is 0 Å². The van der Waals surface area contributed by atoms with Crippen LogP contribution in [0.25, 0.3) is 22.3 Å². The van der Waals surface area contributed by atoms with Crippen molar-refractivity contribution in [1.29, 1.82) is 0 Å². The molecule has 16 heteroatoms. The Kier molecular flexibility index (Phi) is 19.2. The molecule has 372 valence electrons. The Morgan fingerprint density at radius 1 is 0.609 bits per heavy atom. The lowest BCUT2D eigenvalue weighted by atomic mass is 9.87. The molecule has 0 unspecified atom stereocenters. The first-order valence-corrected chi connectivity index (χ1v) is 23.2. The number of halogens is 6. The second-order valence-electron chi connectivity index (χ2n) is 17.6. The zero-order chi connectivity index (χ0) is 50.2. The minimum absolute atomic E-state index is 0.0728. The molecule has 5 rings (SSSR count). The van der Waals surface area contributed by atoms with Crippen LogP contribution in [-0.2, 0) is 27.9 Å². The molecule has 0 aliphatic rings. The van der Waals surface area contributed by atoms with Crippen molar-refractivity contribution in [3.8, 4) is 45.3 Å². The Hall–Kier alpha value is -6.45. The van der Waals surface area contributed by atoms with Crippen molar-refractivity contribution < 1.29 is 59.7 Å². The van der Waals surface area contributed by atoms with Gasteiger partial charge in [0.25, 0.3) is 5.69 Å². The molecule has 69 heavy (non-hydrogen) atoms. The van der Waals surface area contributed by atoms with Gasteiger partial charge in [-0.2, -0.15) is 0 Å². The van der Waals surface area contributed by atoms with Gasteiger partial charge in [0.2, 0.25) is 0 Å². The van der Waals surface area contributed by atoms with Crippen LogP contribution in [0.1, 0.15) is 103 Å². The Balaban J connectivity index is 1.40. The van der Waals surface area contributed by atoms with E-state index in [1.165, 1.54) is 54.6 Å². The summed E-state index contributed by atoms with van der Waals surface area (Å²) in [5.41, 5.74) is 4.28. The topological polar surface area (TPSA) is 110 Å². The number of unbranched alkanes of at least 4 members (excludes halogenated alkanes) is 6. The zero-order valence-corrected chi connectivity index (χ0v) is 39.6. The lowest BCUT2D eigenvalue weighted by Gasteiger charge is -2.27. The SMILES string of the molecule is CCCCCCCOc1cc([N+](=O)[O-])ccc1-c1ccc(OC(F)(F)F)c(CCOC(=O)CN(Cc2ccc(-c3ccc(OC(F)(F)F)cc3)cc2OCCCCC)c2ccc(C(C)(C)C)cc2)c1. The van der Waals surface area contributed by atoms with Crippen LogP contribution in [0.3, 0.4) is 0 Å². The maximum Gasteiger partial charge on any atom is 0.573 e. The third-order valence-corrected chi connectivity index (χ3v) is 11.2. The maximum atomic E-state index is 13.8. The van der Waals surface area contributed by atoms with Gasteiger partial charge >= 0.3 is 18.7 Å². The monoisotopic (exact) mass is 966 g/mol. The predicted octanol–water partition coefficient (Wildman–Crippen LogP) is 14.7. The highest BCUT2D eigenvalue weighted by Crippen LogP contribution is 2.38. The first-order valence-electron chi connectivity index (χ1n) is 23.2. The van der Waals surface area contributed by atoms with Crippen LogP contribution < -0.4 is 23.8 Å². The number of nitro groups is 1. The molecule has 0 aliphatic carbocycles. The summed E-state index contributed by atoms with van der Waals surface area (Å²) in [6.45, 7) is 10.7. The van der Waals surface area contributed by atoms with Gasteiger partial charge in [0.1, 0.15) is 29.5 Å². The number of non-ortho nitro benzene ring substituents is 1. The van der Waals surface area contributed by atoms with Crippen molar-refractivity contribution in [2.75, 3.05) is 31.3 Å². The van der Waals surface area contributed by atoms with Gasteiger partial charge in [-0.1, -0.05) is 116 Å². The number of nitro benzene ring substituents is 1. The summed E-state index contributed by atoms with van der Waals surface area (Å²) < 4.78 is 106. The third-order valence-electron chi connectivity index (χ3n) is 11.2. The molecule has 0 aliphatic heterocycles. The predicted molar refractivity (Wildman–Crippen MR) is 254 cm³/mol. The minimum atomic E-state index is -5.03. The Morgan fingerprint density at radius 3 is 1.86 bits per heavy atom. The molecule has 0 N–H and O–H groups in total. The molecule has 5 aromatic carbocycles. The van der Waals surface area contributed by atoms with Gasteiger partial charge in [0, 0.05) is 35.8 Å². The molecule has 0 radical (unpaired) electrons. The number of alkyl halides is 6. The molecule has 0 bridgehead atoms. The first kappa shape index (κ1) is 53.5. The van der Waals surface area contributed by atoms with Crippen LogP contribution in [0.2, 0.25) is 0 Å². The molecule has 0 amide bonds. The van der Waals surface area contributed by atoms with Gasteiger partial charge in [0.05, 0.1) is 30.8 Å². The summed E-state index contributed by atoms with van der Waals surface area (Å²) >= 11 is 0. The quantitative estimate of drug-likeness (QED) is 0.0186. The van der Waals surface area contributed by atoms with Crippen molar-refractivity contribution >= 4 is 17.3 Å². The Labute approximate surface area is 399 Å². The molecule has 5 aromatic rings. The van der Waals surface area contributed by atoms with Crippen LogP contribution in [0.15, 0.2) is 103 Å². The smallest absolute Gasteiger partial charge is 0.493 e. The third kappa shape index (κ3) is 17.2. The summed E-state index contributed by atoms with van der Waals surface area (Å²) in [5, 5.41) is 11.7. The maximum absolute atomic E-state index is 13.8. The molecule has 10 nitrogen and oxygen atoms in total.